The summed E-state index contributed by atoms with van der Waals surface area (Å²) in [5, 5.41) is 28.3. The van der Waals surface area contributed by atoms with E-state index in [1.807, 2.05) is 18.2 Å². The zero-order chi connectivity index (χ0) is 25.0. The highest BCUT2D eigenvalue weighted by Crippen LogP contribution is 2.25. The molecule has 188 valence electrons. The SMILES string of the molecule is CCCCCCCCCCOc1ccc(C(=O)c2cccc(-c3nn[nH]n3)c2)cc1Cc1nn[nH]n1. The summed E-state index contributed by atoms with van der Waals surface area (Å²) in [6.07, 6.45) is 10.3. The number of unbranched alkanes of at least 4 members (excludes halogenated alkanes) is 7. The van der Waals surface area contributed by atoms with E-state index in [-0.39, 0.29) is 5.78 Å². The van der Waals surface area contributed by atoms with Gasteiger partial charge in [0.25, 0.3) is 0 Å². The maximum atomic E-state index is 13.3. The number of carbonyl (C=O) groups is 1. The number of hydrogen-bond donors (Lipinski definition) is 2. The Morgan fingerprint density at radius 3 is 2.33 bits per heavy atom. The molecule has 36 heavy (non-hydrogen) atoms. The second-order valence-electron chi connectivity index (χ2n) is 8.80. The third kappa shape index (κ3) is 7.03. The Hall–Kier alpha value is -3.95. The Labute approximate surface area is 210 Å². The zero-order valence-electron chi connectivity index (χ0n) is 20.6. The molecule has 10 heteroatoms. The van der Waals surface area contributed by atoms with Gasteiger partial charge in [0, 0.05) is 28.7 Å². The molecule has 0 aliphatic heterocycles. The molecule has 0 aliphatic carbocycles. The molecule has 0 radical (unpaired) electrons. The van der Waals surface area contributed by atoms with Gasteiger partial charge in [-0.3, -0.25) is 4.79 Å². The zero-order valence-corrected chi connectivity index (χ0v) is 20.6. The highest BCUT2D eigenvalue weighted by molar-refractivity contribution is 6.09. The molecule has 0 bridgehead atoms. The second kappa shape index (κ2) is 13.2. The van der Waals surface area contributed by atoms with Crippen molar-refractivity contribution in [3.05, 3.63) is 65.0 Å². The lowest BCUT2D eigenvalue weighted by atomic mass is 9.98. The topological polar surface area (TPSA) is 135 Å². The Bertz CT molecular complexity index is 1210. The molecule has 4 rings (SSSR count). The van der Waals surface area contributed by atoms with Crippen molar-refractivity contribution in [2.45, 2.75) is 64.7 Å². The van der Waals surface area contributed by atoms with Gasteiger partial charge in [0.05, 0.1) is 6.61 Å². The summed E-state index contributed by atoms with van der Waals surface area (Å²) in [5.41, 5.74) is 2.65. The number of nitrogens with one attached hydrogen (secondary N) is 2. The van der Waals surface area contributed by atoms with E-state index in [9.17, 15) is 4.79 Å². The first-order valence-electron chi connectivity index (χ1n) is 12.6. The first kappa shape index (κ1) is 25.2. The van der Waals surface area contributed by atoms with Gasteiger partial charge < -0.3 is 4.74 Å². The van der Waals surface area contributed by atoms with Crippen molar-refractivity contribution < 1.29 is 9.53 Å². The van der Waals surface area contributed by atoms with E-state index >= 15 is 0 Å². The molecule has 10 nitrogen and oxygen atoms in total. The van der Waals surface area contributed by atoms with Gasteiger partial charge in [-0.05, 0) is 35.9 Å². The molecule has 4 aromatic rings. The normalized spacial score (nSPS) is 11.0. The van der Waals surface area contributed by atoms with E-state index in [2.05, 4.69) is 48.2 Å². The van der Waals surface area contributed by atoms with Crippen LogP contribution < -0.4 is 4.74 Å². The number of ketones is 1. The molecule has 0 unspecified atom stereocenters. The second-order valence-corrected chi connectivity index (χ2v) is 8.80. The lowest BCUT2D eigenvalue weighted by molar-refractivity contribution is 0.103. The predicted octanol–water partition coefficient (Wildman–Crippen LogP) is 4.72. The van der Waals surface area contributed by atoms with E-state index < -0.39 is 0 Å². The monoisotopic (exact) mass is 488 g/mol. The largest absolute Gasteiger partial charge is 0.493 e. The number of hydrogen-bond acceptors (Lipinski definition) is 8. The number of aromatic nitrogens is 8. The summed E-state index contributed by atoms with van der Waals surface area (Å²) >= 11 is 0. The van der Waals surface area contributed by atoms with Crippen LogP contribution in [-0.2, 0) is 6.42 Å². The standard InChI is InChI=1S/C26H32N8O2/c1-2-3-4-5-6-7-8-9-15-36-23-14-13-20(17-22(23)18-24-27-31-32-28-24)25(35)19-11-10-12-21(16-19)26-29-33-34-30-26/h10-14,16-17H,2-9,15,18H2,1H3,(H,27,28,31,32)(H,29,30,33,34). The third-order valence-corrected chi connectivity index (χ3v) is 6.04. The average molecular weight is 489 g/mol. The van der Waals surface area contributed by atoms with Gasteiger partial charge >= 0.3 is 0 Å². The van der Waals surface area contributed by atoms with Gasteiger partial charge in [-0.2, -0.15) is 10.4 Å². The molecular formula is C26H32N8O2. The maximum Gasteiger partial charge on any atom is 0.204 e. The molecule has 2 N–H and O–H groups in total. The molecular weight excluding hydrogens is 456 g/mol. The van der Waals surface area contributed by atoms with E-state index in [0.717, 1.165) is 24.2 Å². The fourth-order valence-electron chi connectivity index (χ4n) is 4.10. The maximum absolute atomic E-state index is 13.3. The van der Waals surface area contributed by atoms with Crippen LogP contribution in [0.2, 0.25) is 0 Å². The number of benzene rings is 2. The first-order valence-corrected chi connectivity index (χ1v) is 12.6. The number of tetrazole rings is 2. The van der Waals surface area contributed by atoms with Crippen LogP contribution in [-0.4, -0.2) is 53.6 Å². The minimum atomic E-state index is -0.107. The van der Waals surface area contributed by atoms with Crippen LogP contribution in [0.15, 0.2) is 42.5 Å². The predicted molar refractivity (Wildman–Crippen MR) is 135 cm³/mol. The van der Waals surface area contributed by atoms with Crippen LogP contribution in [0.4, 0.5) is 0 Å². The fourth-order valence-corrected chi connectivity index (χ4v) is 4.10. The first-order chi connectivity index (χ1) is 17.7. The minimum absolute atomic E-state index is 0.107. The summed E-state index contributed by atoms with van der Waals surface area (Å²) in [6.45, 7) is 2.87. The van der Waals surface area contributed by atoms with Crippen LogP contribution in [0.1, 0.15) is 85.6 Å². The van der Waals surface area contributed by atoms with E-state index in [4.69, 9.17) is 4.74 Å². The Balaban J connectivity index is 1.42. The van der Waals surface area contributed by atoms with Crippen molar-refractivity contribution in [2.24, 2.45) is 0 Å². The quantitative estimate of drug-likeness (QED) is 0.181. The number of rotatable bonds is 15. The highest BCUT2D eigenvalue weighted by atomic mass is 16.5. The Morgan fingerprint density at radius 1 is 0.833 bits per heavy atom. The van der Waals surface area contributed by atoms with E-state index in [1.54, 1.807) is 24.3 Å². The number of aromatic amines is 2. The Morgan fingerprint density at radius 2 is 1.58 bits per heavy atom. The smallest absolute Gasteiger partial charge is 0.204 e. The van der Waals surface area contributed by atoms with Crippen molar-refractivity contribution >= 4 is 5.78 Å². The van der Waals surface area contributed by atoms with Crippen LogP contribution in [0.3, 0.4) is 0 Å². The highest BCUT2D eigenvalue weighted by Gasteiger charge is 2.16. The molecule has 2 heterocycles. The number of H-pyrrole nitrogens is 2. The van der Waals surface area contributed by atoms with Crippen LogP contribution in [0.5, 0.6) is 5.75 Å². The van der Waals surface area contributed by atoms with E-state index in [0.29, 0.717) is 41.4 Å². The Kier molecular flexibility index (Phi) is 9.24. The van der Waals surface area contributed by atoms with Gasteiger partial charge in [0.2, 0.25) is 5.82 Å². The lowest BCUT2D eigenvalue weighted by Gasteiger charge is -2.13. The van der Waals surface area contributed by atoms with Gasteiger partial charge in [0.15, 0.2) is 11.6 Å². The van der Waals surface area contributed by atoms with Crippen molar-refractivity contribution in [1.29, 1.82) is 0 Å². The van der Waals surface area contributed by atoms with Crippen LogP contribution in [0.25, 0.3) is 11.4 Å². The number of nitrogens with zero attached hydrogens (tertiary/aromatic N) is 6. The lowest BCUT2D eigenvalue weighted by Crippen LogP contribution is -2.06. The van der Waals surface area contributed by atoms with Gasteiger partial charge in [0.1, 0.15) is 5.75 Å². The molecule has 0 aliphatic rings. The fraction of sp³-hybridized carbons (Fsp3) is 0.423. The number of carbonyl (C=O) groups excluding carboxylic acids is 1. The summed E-state index contributed by atoms with van der Waals surface area (Å²) in [6, 6.07) is 12.7. The molecule has 0 saturated heterocycles. The van der Waals surface area contributed by atoms with Gasteiger partial charge in [-0.25, -0.2) is 0 Å². The van der Waals surface area contributed by atoms with Crippen LogP contribution >= 0.6 is 0 Å². The molecule has 0 spiro atoms. The molecule has 0 saturated carbocycles. The van der Waals surface area contributed by atoms with Gasteiger partial charge in [-0.15, -0.1) is 20.4 Å². The van der Waals surface area contributed by atoms with Crippen molar-refractivity contribution in [1.82, 2.24) is 41.2 Å². The number of ether oxygens (including phenoxy) is 1. The molecule has 2 aromatic heterocycles. The van der Waals surface area contributed by atoms with Crippen LogP contribution in [0, 0.1) is 0 Å². The molecule has 2 aromatic carbocycles. The third-order valence-electron chi connectivity index (χ3n) is 6.04. The molecule has 0 fully saturated rings. The van der Waals surface area contributed by atoms with Crippen molar-refractivity contribution in [3.8, 4) is 17.1 Å². The molecule has 0 amide bonds. The summed E-state index contributed by atoms with van der Waals surface area (Å²) < 4.78 is 6.12. The summed E-state index contributed by atoms with van der Waals surface area (Å²) in [5.74, 6) is 1.60. The minimum Gasteiger partial charge on any atom is -0.493 e. The average Bonchev–Trinajstić information content (AvgIpc) is 3.63. The van der Waals surface area contributed by atoms with Crippen molar-refractivity contribution in [2.75, 3.05) is 6.61 Å². The summed E-state index contributed by atoms with van der Waals surface area (Å²) in [4.78, 5) is 13.3. The van der Waals surface area contributed by atoms with E-state index in [1.165, 1.54) is 38.5 Å². The summed E-state index contributed by atoms with van der Waals surface area (Å²) in [7, 11) is 0. The van der Waals surface area contributed by atoms with Gasteiger partial charge in [-0.1, -0.05) is 75.3 Å². The van der Waals surface area contributed by atoms with Crippen molar-refractivity contribution in [3.63, 3.8) is 0 Å². The molecule has 0 atom stereocenters.